The highest BCUT2D eigenvalue weighted by atomic mass is 16.6. The molecule has 0 saturated heterocycles. The van der Waals surface area contributed by atoms with Crippen molar-refractivity contribution in [2.75, 3.05) is 31.6 Å². The van der Waals surface area contributed by atoms with E-state index < -0.39 is 0 Å². The van der Waals surface area contributed by atoms with E-state index in [0.29, 0.717) is 42.5 Å². The predicted octanol–water partition coefficient (Wildman–Crippen LogP) is 3.44. The van der Waals surface area contributed by atoms with Crippen LogP contribution in [-0.2, 0) is 17.6 Å². The second kappa shape index (κ2) is 8.55. The van der Waals surface area contributed by atoms with Crippen LogP contribution >= 0.6 is 0 Å². The monoisotopic (exact) mass is 394 g/mol. The number of benzene rings is 2. The zero-order chi connectivity index (χ0) is 20.2. The smallest absolute Gasteiger partial charge is 0.254 e. The number of anilines is 1. The molecule has 0 saturated carbocycles. The first-order valence-corrected chi connectivity index (χ1v) is 10.2. The molecule has 2 amide bonds. The molecule has 1 heterocycles. The maximum absolute atomic E-state index is 13.0. The average molecular weight is 394 g/mol. The van der Waals surface area contributed by atoms with Gasteiger partial charge in [-0.25, -0.2) is 0 Å². The third-order valence-corrected chi connectivity index (χ3v) is 5.42. The average Bonchev–Trinajstić information content (AvgIpc) is 2.76. The van der Waals surface area contributed by atoms with Crippen LogP contribution in [0.25, 0.3) is 0 Å². The summed E-state index contributed by atoms with van der Waals surface area (Å²) in [6.45, 7) is 3.36. The second-order valence-electron chi connectivity index (χ2n) is 7.42. The molecule has 1 aliphatic heterocycles. The summed E-state index contributed by atoms with van der Waals surface area (Å²) >= 11 is 0. The standard InChI is InChI=1S/C23H26N2O4/c1-2-25(23(27)18-8-7-16-5-3-4-6-17(16)13-18)15-22(26)24-19-9-10-20-21(14-19)29-12-11-28-20/h7-10,13-14H,2-6,11-12,15H2,1H3,(H,24,26). The van der Waals surface area contributed by atoms with Crippen molar-refractivity contribution in [3.05, 3.63) is 53.1 Å². The number of carbonyl (C=O) groups is 2. The molecule has 0 unspecified atom stereocenters. The molecule has 1 aliphatic carbocycles. The lowest BCUT2D eigenvalue weighted by Crippen LogP contribution is -2.38. The van der Waals surface area contributed by atoms with Crippen molar-refractivity contribution < 1.29 is 19.1 Å². The molecule has 0 atom stereocenters. The maximum atomic E-state index is 13.0. The molecule has 4 rings (SSSR count). The summed E-state index contributed by atoms with van der Waals surface area (Å²) in [6.07, 6.45) is 4.48. The molecular formula is C23H26N2O4. The first-order chi connectivity index (χ1) is 14.1. The molecule has 2 aromatic rings. The number of aryl methyl sites for hydroxylation is 2. The van der Waals surface area contributed by atoms with Crippen LogP contribution < -0.4 is 14.8 Å². The number of fused-ring (bicyclic) bond motifs is 2. The summed E-state index contributed by atoms with van der Waals surface area (Å²) in [5.41, 5.74) is 3.88. The first-order valence-electron chi connectivity index (χ1n) is 10.2. The van der Waals surface area contributed by atoms with Crippen LogP contribution in [0.15, 0.2) is 36.4 Å². The highest BCUT2D eigenvalue weighted by Gasteiger charge is 2.20. The van der Waals surface area contributed by atoms with Crippen molar-refractivity contribution in [3.8, 4) is 11.5 Å². The Kier molecular flexibility index (Phi) is 5.69. The number of hydrogen-bond donors (Lipinski definition) is 1. The van der Waals surface area contributed by atoms with E-state index in [1.54, 1.807) is 23.1 Å². The minimum absolute atomic E-state index is 0.000853. The fourth-order valence-corrected chi connectivity index (χ4v) is 3.87. The van der Waals surface area contributed by atoms with E-state index in [4.69, 9.17) is 9.47 Å². The Morgan fingerprint density at radius 2 is 1.72 bits per heavy atom. The van der Waals surface area contributed by atoms with Gasteiger partial charge in [0.25, 0.3) is 5.91 Å². The number of carbonyl (C=O) groups excluding carboxylic acids is 2. The Labute approximate surface area is 170 Å². The van der Waals surface area contributed by atoms with Gasteiger partial charge in [0, 0.05) is 23.9 Å². The van der Waals surface area contributed by atoms with E-state index in [2.05, 4.69) is 11.4 Å². The second-order valence-corrected chi connectivity index (χ2v) is 7.42. The minimum atomic E-state index is -0.241. The highest BCUT2D eigenvalue weighted by Crippen LogP contribution is 2.32. The van der Waals surface area contributed by atoms with Crippen molar-refractivity contribution in [2.45, 2.75) is 32.6 Å². The quantitative estimate of drug-likeness (QED) is 0.844. The van der Waals surface area contributed by atoms with E-state index in [1.807, 2.05) is 19.1 Å². The van der Waals surface area contributed by atoms with Crippen molar-refractivity contribution in [2.24, 2.45) is 0 Å². The molecular weight excluding hydrogens is 368 g/mol. The van der Waals surface area contributed by atoms with Crippen LogP contribution in [0, 0.1) is 0 Å². The van der Waals surface area contributed by atoms with Gasteiger partial charge in [0.1, 0.15) is 19.8 Å². The van der Waals surface area contributed by atoms with Crippen LogP contribution in [0.2, 0.25) is 0 Å². The SMILES string of the molecule is CCN(CC(=O)Nc1ccc2c(c1)OCCO2)C(=O)c1ccc2c(c1)CCCC2. The van der Waals surface area contributed by atoms with E-state index >= 15 is 0 Å². The molecule has 6 nitrogen and oxygen atoms in total. The van der Waals surface area contributed by atoms with E-state index in [9.17, 15) is 9.59 Å². The van der Waals surface area contributed by atoms with Crippen molar-refractivity contribution in [1.29, 1.82) is 0 Å². The molecule has 2 aliphatic rings. The van der Waals surface area contributed by atoms with E-state index in [1.165, 1.54) is 24.0 Å². The van der Waals surface area contributed by atoms with Crippen LogP contribution in [0.1, 0.15) is 41.3 Å². The van der Waals surface area contributed by atoms with Gasteiger partial charge in [0.05, 0.1) is 0 Å². The Balaban J connectivity index is 1.41. The molecule has 6 heteroatoms. The Hall–Kier alpha value is -3.02. The number of ether oxygens (including phenoxy) is 2. The predicted molar refractivity (Wildman–Crippen MR) is 111 cm³/mol. The Morgan fingerprint density at radius 1 is 0.966 bits per heavy atom. The summed E-state index contributed by atoms with van der Waals surface area (Å²) < 4.78 is 11.0. The van der Waals surface area contributed by atoms with Crippen LogP contribution in [-0.4, -0.2) is 43.0 Å². The fraction of sp³-hybridized carbons (Fsp3) is 0.391. The number of nitrogens with one attached hydrogen (secondary N) is 1. The van der Waals surface area contributed by atoms with E-state index in [-0.39, 0.29) is 18.4 Å². The molecule has 29 heavy (non-hydrogen) atoms. The summed E-state index contributed by atoms with van der Waals surface area (Å²) in [5.74, 6) is 0.937. The summed E-state index contributed by atoms with van der Waals surface area (Å²) in [7, 11) is 0. The topological polar surface area (TPSA) is 67.9 Å². The van der Waals surface area contributed by atoms with Gasteiger partial charge in [-0.05, 0) is 68.0 Å². The Bertz CT molecular complexity index is 925. The van der Waals surface area contributed by atoms with Crippen molar-refractivity contribution in [1.82, 2.24) is 4.90 Å². The van der Waals surface area contributed by atoms with Crippen LogP contribution in [0.4, 0.5) is 5.69 Å². The van der Waals surface area contributed by atoms with Gasteiger partial charge in [0.2, 0.25) is 5.91 Å². The molecule has 152 valence electrons. The van der Waals surface area contributed by atoms with Crippen LogP contribution in [0.3, 0.4) is 0 Å². The Morgan fingerprint density at radius 3 is 2.52 bits per heavy atom. The molecule has 0 spiro atoms. The minimum Gasteiger partial charge on any atom is -0.486 e. The summed E-state index contributed by atoms with van der Waals surface area (Å²) in [4.78, 5) is 27.1. The van der Waals surface area contributed by atoms with Crippen LogP contribution in [0.5, 0.6) is 11.5 Å². The van der Waals surface area contributed by atoms with Crippen molar-refractivity contribution in [3.63, 3.8) is 0 Å². The number of amides is 2. The number of nitrogens with zero attached hydrogens (tertiary/aromatic N) is 1. The highest BCUT2D eigenvalue weighted by molar-refractivity contribution is 5.99. The van der Waals surface area contributed by atoms with Gasteiger partial charge in [-0.3, -0.25) is 9.59 Å². The third kappa shape index (κ3) is 4.36. The molecule has 2 aromatic carbocycles. The lowest BCUT2D eigenvalue weighted by Gasteiger charge is -2.23. The normalized spacial score (nSPS) is 14.7. The lowest BCUT2D eigenvalue weighted by atomic mass is 9.90. The molecule has 0 radical (unpaired) electrons. The van der Waals surface area contributed by atoms with Gasteiger partial charge in [-0.1, -0.05) is 6.07 Å². The molecule has 0 aromatic heterocycles. The summed E-state index contributed by atoms with van der Waals surface area (Å²) in [5, 5.41) is 2.84. The van der Waals surface area contributed by atoms with E-state index in [0.717, 1.165) is 12.8 Å². The molecule has 1 N–H and O–H groups in total. The lowest BCUT2D eigenvalue weighted by molar-refractivity contribution is -0.116. The van der Waals surface area contributed by atoms with Gasteiger partial charge >= 0.3 is 0 Å². The zero-order valence-electron chi connectivity index (χ0n) is 16.7. The largest absolute Gasteiger partial charge is 0.486 e. The number of hydrogen-bond acceptors (Lipinski definition) is 4. The summed E-state index contributed by atoms with van der Waals surface area (Å²) in [6, 6.07) is 11.2. The number of likely N-dealkylation sites (N-methyl/N-ethyl adjacent to an activating group) is 1. The van der Waals surface area contributed by atoms with Gasteiger partial charge in [-0.15, -0.1) is 0 Å². The maximum Gasteiger partial charge on any atom is 0.254 e. The zero-order valence-corrected chi connectivity index (χ0v) is 16.7. The number of rotatable bonds is 5. The van der Waals surface area contributed by atoms with Gasteiger partial charge in [0.15, 0.2) is 11.5 Å². The van der Waals surface area contributed by atoms with Gasteiger partial charge < -0.3 is 19.7 Å². The molecule has 0 fully saturated rings. The fourth-order valence-electron chi connectivity index (χ4n) is 3.87. The third-order valence-electron chi connectivity index (χ3n) is 5.42. The van der Waals surface area contributed by atoms with Gasteiger partial charge in [-0.2, -0.15) is 0 Å². The molecule has 0 bridgehead atoms. The first kappa shape index (κ1) is 19.3. The van der Waals surface area contributed by atoms with Crippen molar-refractivity contribution >= 4 is 17.5 Å².